The van der Waals surface area contributed by atoms with E-state index in [0.717, 1.165) is 116 Å². The average molecular weight is 1030 g/mol. The normalized spacial score (nSPS) is 12.7. The number of hydrogen-bond donors (Lipinski definition) is 0. The van der Waals surface area contributed by atoms with Crippen molar-refractivity contribution in [1.29, 1.82) is 0 Å². The van der Waals surface area contributed by atoms with Gasteiger partial charge in [-0.15, -0.1) is 0 Å². The summed E-state index contributed by atoms with van der Waals surface area (Å²) >= 11 is 0. The molecular formula is C68H116O6. The van der Waals surface area contributed by atoms with Crippen LogP contribution < -0.4 is 0 Å². The molecule has 0 bridgehead atoms. The molecule has 0 aliphatic rings. The zero-order chi connectivity index (χ0) is 53.6. The highest BCUT2D eigenvalue weighted by Gasteiger charge is 2.19. The minimum Gasteiger partial charge on any atom is -0.462 e. The molecule has 0 saturated heterocycles. The fourth-order valence-corrected chi connectivity index (χ4v) is 8.61. The van der Waals surface area contributed by atoms with Crippen LogP contribution in [0.25, 0.3) is 0 Å². The first-order valence-corrected chi connectivity index (χ1v) is 31.2. The molecule has 0 rings (SSSR count). The molecule has 0 aliphatic heterocycles. The maximum absolute atomic E-state index is 12.8. The first-order valence-electron chi connectivity index (χ1n) is 31.2. The van der Waals surface area contributed by atoms with Gasteiger partial charge >= 0.3 is 17.9 Å². The third-order valence-electron chi connectivity index (χ3n) is 13.3. The zero-order valence-corrected chi connectivity index (χ0v) is 48.6. The summed E-state index contributed by atoms with van der Waals surface area (Å²) in [5.41, 5.74) is 0. The Labute approximate surface area is 457 Å². The molecule has 0 aromatic carbocycles. The molecule has 6 heteroatoms. The Kier molecular flexibility index (Phi) is 58.8. The first-order chi connectivity index (χ1) is 36.5. The number of carbonyl (C=O) groups is 3. The molecule has 0 spiro atoms. The van der Waals surface area contributed by atoms with E-state index in [4.69, 9.17) is 14.2 Å². The van der Waals surface area contributed by atoms with Crippen molar-refractivity contribution in [2.24, 2.45) is 0 Å². The number of hydrogen-bond acceptors (Lipinski definition) is 6. The monoisotopic (exact) mass is 1030 g/mol. The van der Waals surface area contributed by atoms with E-state index in [-0.39, 0.29) is 31.1 Å². The SMILES string of the molecule is CC/C=C\C/C=C\C/C=C\C/C=C\C/C=C\C/C=C\CCCCCCCCCCCCCCC(=O)OCC(COC(=O)CCCCCCC/C=C\CCCCC)OC(=O)CCCCCCC/C=C\CCCCCC. The molecule has 74 heavy (non-hydrogen) atoms. The summed E-state index contributed by atoms with van der Waals surface area (Å²) in [6.07, 6.45) is 82.7. The summed E-state index contributed by atoms with van der Waals surface area (Å²) in [6, 6.07) is 0. The molecule has 0 fully saturated rings. The Hall–Kier alpha value is -3.67. The third-order valence-corrected chi connectivity index (χ3v) is 13.3. The lowest BCUT2D eigenvalue weighted by Crippen LogP contribution is -2.30. The fraction of sp³-hybridized carbons (Fsp3) is 0.721. The van der Waals surface area contributed by atoms with Gasteiger partial charge in [-0.05, 0) is 122 Å². The van der Waals surface area contributed by atoms with Gasteiger partial charge in [0.05, 0.1) is 0 Å². The highest BCUT2D eigenvalue weighted by Crippen LogP contribution is 2.16. The second kappa shape index (κ2) is 61.9. The second-order valence-electron chi connectivity index (χ2n) is 20.6. The standard InChI is InChI=1S/C68H116O6/c1-4-7-10-13-16-19-22-25-26-27-28-29-30-31-32-33-34-35-36-37-38-39-40-41-42-44-46-49-52-55-58-61-67(70)73-64-65(63-72-66(69)60-57-54-51-48-45-24-21-18-15-12-9-6-3)74-68(71)62-59-56-53-50-47-43-23-20-17-14-11-8-5-2/h7,10,16,18-21,23,25-26,28-29,31-32,34-35,65H,4-6,8-9,11-15,17,22,24,27,30,33,36-64H2,1-3H3/b10-7-,19-16-,21-18-,23-20-,26-25-,29-28-,32-31-,35-34-. The molecule has 1 atom stereocenters. The largest absolute Gasteiger partial charge is 0.462 e. The van der Waals surface area contributed by atoms with E-state index < -0.39 is 6.10 Å². The van der Waals surface area contributed by atoms with Crippen LogP contribution in [-0.2, 0) is 28.6 Å². The van der Waals surface area contributed by atoms with Gasteiger partial charge in [0.2, 0.25) is 0 Å². The van der Waals surface area contributed by atoms with Gasteiger partial charge in [0.15, 0.2) is 6.10 Å². The average Bonchev–Trinajstić information content (AvgIpc) is 3.40. The molecule has 0 amide bonds. The van der Waals surface area contributed by atoms with Crippen LogP contribution in [0.1, 0.15) is 297 Å². The van der Waals surface area contributed by atoms with E-state index in [0.29, 0.717) is 19.3 Å². The Morgan fingerprint density at radius 3 is 0.865 bits per heavy atom. The van der Waals surface area contributed by atoms with Crippen molar-refractivity contribution in [1.82, 2.24) is 0 Å². The second-order valence-corrected chi connectivity index (χ2v) is 20.6. The van der Waals surface area contributed by atoms with Gasteiger partial charge in [0, 0.05) is 19.3 Å². The molecule has 424 valence electrons. The summed E-state index contributed by atoms with van der Waals surface area (Å²) in [5, 5.41) is 0. The topological polar surface area (TPSA) is 78.9 Å². The van der Waals surface area contributed by atoms with Crippen molar-refractivity contribution in [2.45, 2.75) is 303 Å². The van der Waals surface area contributed by atoms with Crippen LogP contribution in [0.2, 0.25) is 0 Å². The van der Waals surface area contributed by atoms with Gasteiger partial charge in [0.1, 0.15) is 13.2 Å². The lowest BCUT2D eigenvalue weighted by atomic mass is 10.0. The molecule has 6 nitrogen and oxygen atoms in total. The molecule has 0 N–H and O–H groups in total. The van der Waals surface area contributed by atoms with Gasteiger partial charge in [-0.1, -0.05) is 253 Å². The number of esters is 3. The lowest BCUT2D eigenvalue weighted by molar-refractivity contribution is -0.167. The molecule has 0 heterocycles. The van der Waals surface area contributed by atoms with Crippen molar-refractivity contribution in [3.8, 4) is 0 Å². The van der Waals surface area contributed by atoms with E-state index in [1.165, 1.54) is 141 Å². The maximum atomic E-state index is 12.8. The maximum Gasteiger partial charge on any atom is 0.306 e. The van der Waals surface area contributed by atoms with E-state index >= 15 is 0 Å². The minimum absolute atomic E-state index is 0.0828. The Morgan fingerprint density at radius 1 is 0.284 bits per heavy atom. The highest BCUT2D eigenvalue weighted by atomic mass is 16.6. The third kappa shape index (κ3) is 59.2. The van der Waals surface area contributed by atoms with Crippen LogP contribution in [0.15, 0.2) is 97.2 Å². The molecule has 0 saturated carbocycles. The number of unbranched alkanes of at least 4 members (excludes halogenated alkanes) is 29. The van der Waals surface area contributed by atoms with E-state index in [9.17, 15) is 14.4 Å². The summed E-state index contributed by atoms with van der Waals surface area (Å²) in [4.78, 5) is 38.2. The van der Waals surface area contributed by atoms with Crippen LogP contribution >= 0.6 is 0 Å². The Bertz CT molecular complexity index is 1460. The summed E-state index contributed by atoms with van der Waals surface area (Å²) < 4.78 is 16.9. The minimum atomic E-state index is -0.785. The van der Waals surface area contributed by atoms with E-state index in [1.807, 2.05) is 0 Å². The summed E-state index contributed by atoms with van der Waals surface area (Å²) in [7, 11) is 0. The predicted octanol–water partition coefficient (Wildman–Crippen LogP) is 21.3. The molecule has 0 aromatic heterocycles. The number of rotatable bonds is 56. The van der Waals surface area contributed by atoms with Crippen molar-refractivity contribution in [3.63, 3.8) is 0 Å². The predicted molar refractivity (Wildman–Crippen MR) is 320 cm³/mol. The van der Waals surface area contributed by atoms with Crippen LogP contribution in [0, 0.1) is 0 Å². The molecule has 1 unspecified atom stereocenters. The number of allylic oxidation sites excluding steroid dienone is 16. The van der Waals surface area contributed by atoms with Crippen molar-refractivity contribution in [2.75, 3.05) is 13.2 Å². The quantitative estimate of drug-likeness (QED) is 0.0261. The molecule has 0 radical (unpaired) electrons. The zero-order valence-electron chi connectivity index (χ0n) is 48.6. The highest BCUT2D eigenvalue weighted by molar-refractivity contribution is 5.71. The number of ether oxygens (including phenoxy) is 3. The van der Waals surface area contributed by atoms with Gasteiger partial charge in [0.25, 0.3) is 0 Å². The van der Waals surface area contributed by atoms with Crippen molar-refractivity contribution < 1.29 is 28.6 Å². The van der Waals surface area contributed by atoms with Gasteiger partial charge in [-0.2, -0.15) is 0 Å². The smallest absolute Gasteiger partial charge is 0.306 e. The van der Waals surface area contributed by atoms with Crippen LogP contribution in [0.4, 0.5) is 0 Å². The fourth-order valence-electron chi connectivity index (χ4n) is 8.61. The van der Waals surface area contributed by atoms with Crippen LogP contribution in [0.5, 0.6) is 0 Å². The van der Waals surface area contributed by atoms with Crippen molar-refractivity contribution in [3.05, 3.63) is 97.2 Å². The lowest BCUT2D eigenvalue weighted by Gasteiger charge is -2.18. The summed E-state index contributed by atoms with van der Waals surface area (Å²) in [6.45, 7) is 6.48. The number of carbonyl (C=O) groups excluding carboxylic acids is 3. The molecule has 0 aliphatic carbocycles. The van der Waals surface area contributed by atoms with Crippen LogP contribution in [-0.4, -0.2) is 37.2 Å². The van der Waals surface area contributed by atoms with E-state index in [1.54, 1.807) is 0 Å². The van der Waals surface area contributed by atoms with Crippen molar-refractivity contribution >= 4 is 17.9 Å². The first kappa shape index (κ1) is 70.3. The van der Waals surface area contributed by atoms with Gasteiger partial charge < -0.3 is 14.2 Å². The van der Waals surface area contributed by atoms with Gasteiger partial charge in [-0.3, -0.25) is 14.4 Å². The Balaban J connectivity index is 4.19. The van der Waals surface area contributed by atoms with Crippen LogP contribution in [0.3, 0.4) is 0 Å². The Morgan fingerprint density at radius 2 is 0.527 bits per heavy atom. The molecule has 0 aromatic rings. The van der Waals surface area contributed by atoms with Gasteiger partial charge in [-0.25, -0.2) is 0 Å². The molecular weight excluding hydrogens is 913 g/mol. The summed E-state index contributed by atoms with van der Waals surface area (Å²) in [5.74, 6) is -0.897. The van der Waals surface area contributed by atoms with E-state index in [2.05, 4.69) is 118 Å².